The van der Waals surface area contributed by atoms with Crippen LogP contribution in [-0.4, -0.2) is 29.7 Å². The van der Waals surface area contributed by atoms with Crippen LogP contribution in [0.25, 0.3) is 0 Å². The van der Waals surface area contributed by atoms with E-state index in [0.717, 1.165) is 12.8 Å². The second kappa shape index (κ2) is 8.12. The van der Waals surface area contributed by atoms with E-state index in [0.29, 0.717) is 18.0 Å². The van der Waals surface area contributed by atoms with E-state index in [2.05, 4.69) is 22.4 Å². The molecule has 0 saturated carbocycles. The van der Waals surface area contributed by atoms with Crippen molar-refractivity contribution < 1.29 is 14.3 Å². The molecule has 3 rings (SSSR count). The maximum atomic E-state index is 12.3. The molecular weight excluding hydrogens is 316 g/mol. The van der Waals surface area contributed by atoms with Crippen molar-refractivity contribution in [3.05, 3.63) is 59.8 Å². The van der Waals surface area contributed by atoms with Crippen molar-refractivity contribution >= 4 is 11.8 Å². The van der Waals surface area contributed by atoms with Crippen molar-refractivity contribution in [2.24, 2.45) is 0 Å². The van der Waals surface area contributed by atoms with Crippen LogP contribution < -0.4 is 5.32 Å². The molecule has 2 atom stereocenters. The van der Waals surface area contributed by atoms with Gasteiger partial charge < -0.3 is 14.8 Å². The Bertz CT molecular complexity index is 703. The van der Waals surface area contributed by atoms with Crippen molar-refractivity contribution in [2.75, 3.05) is 11.9 Å². The third kappa shape index (κ3) is 4.57. The maximum Gasteiger partial charge on any atom is 0.342 e. The molecule has 0 bridgehead atoms. The summed E-state index contributed by atoms with van der Waals surface area (Å²) in [4.78, 5) is 16.6. The molecule has 132 valence electrons. The van der Waals surface area contributed by atoms with Crippen molar-refractivity contribution in [3.8, 4) is 0 Å². The minimum Gasteiger partial charge on any atom is -0.459 e. The summed E-state index contributed by atoms with van der Waals surface area (Å²) in [5.74, 6) is 0.226. The number of hydrogen-bond acceptors (Lipinski definition) is 5. The molecule has 1 N–H and O–H groups in total. The first kappa shape index (κ1) is 17.4. The summed E-state index contributed by atoms with van der Waals surface area (Å²) in [6.45, 7) is 4.35. The van der Waals surface area contributed by atoms with Crippen molar-refractivity contribution in [1.82, 2.24) is 4.98 Å². The fraction of sp³-hybridized carbons (Fsp3) is 0.400. The number of benzene rings is 1. The average molecular weight is 340 g/mol. The number of anilines is 1. The Kier molecular flexibility index (Phi) is 5.66. The summed E-state index contributed by atoms with van der Waals surface area (Å²) in [7, 11) is 0. The SMILES string of the molecule is CC(C)OC(=O)c1cccnc1NC1CCOC(c2ccccc2)C1. The van der Waals surface area contributed by atoms with Crippen molar-refractivity contribution in [2.45, 2.75) is 44.9 Å². The van der Waals surface area contributed by atoms with Crippen LogP contribution >= 0.6 is 0 Å². The van der Waals surface area contributed by atoms with Crippen LogP contribution in [0.1, 0.15) is 48.7 Å². The summed E-state index contributed by atoms with van der Waals surface area (Å²) in [6.07, 6.45) is 3.29. The molecule has 1 aromatic heterocycles. The number of esters is 1. The van der Waals surface area contributed by atoms with E-state index in [-0.39, 0.29) is 24.2 Å². The molecule has 5 heteroatoms. The molecule has 2 unspecified atom stereocenters. The normalized spacial score (nSPS) is 20.3. The highest BCUT2D eigenvalue weighted by Gasteiger charge is 2.25. The monoisotopic (exact) mass is 340 g/mol. The van der Waals surface area contributed by atoms with Crippen LogP contribution in [0, 0.1) is 0 Å². The van der Waals surface area contributed by atoms with Crippen LogP contribution in [-0.2, 0) is 9.47 Å². The quantitative estimate of drug-likeness (QED) is 0.834. The number of nitrogens with zero attached hydrogens (tertiary/aromatic N) is 1. The first-order chi connectivity index (χ1) is 12.1. The minimum absolute atomic E-state index is 0.0576. The zero-order valence-electron chi connectivity index (χ0n) is 14.6. The van der Waals surface area contributed by atoms with Crippen LogP contribution in [0.5, 0.6) is 0 Å². The molecule has 0 radical (unpaired) electrons. The van der Waals surface area contributed by atoms with E-state index in [4.69, 9.17) is 9.47 Å². The predicted molar refractivity (Wildman–Crippen MR) is 96.6 cm³/mol. The summed E-state index contributed by atoms with van der Waals surface area (Å²) in [5.41, 5.74) is 1.65. The fourth-order valence-corrected chi connectivity index (χ4v) is 2.98. The number of carbonyl (C=O) groups is 1. The first-order valence-corrected chi connectivity index (χ1v) is 8.72. The molecule has 1 aromatic carbocycles. The third-order valence-corrected chi connectivity index (χ3v) is 4.17. The Hall–Kier alpha value is -2.40. The fourth-order valence-electron chi connectivity index (χ4n) is 2.98. The molecule has 0 amide bonds. The van der Waals surface area contributed by atoms with Gasteiger partial charge in [-0.1, -0.05) is 30.3 Å². The van der Waals surface area contributed by atoms with Crippen LogP contribution in [0.2, 0.25) is 0 Å². The van der Waals surface area contributed by atoms with Crippen LogP contribution in [0.4, 0.5) is 5.82 Å². The van der Waals surface area contributed by atoms with Crippen molar-refractivity contribution in [1.29, 1.82) is 0 Å². The molecule has 0 aliphatic carbocycles. The van der Waals surface area contributed by atoms with Gasteiger partial charge in [-0.2, -0.15) is 0 Å². The van der Waals surface area contributed by atoms with Gasteiger partial charge in [0.1, 0.15) is 11.4 Å². The molecular formula is C20H24N2O3. The lowest BCUT2D eigenvalue weighted by molar-refractivity contribution is 0.00972. The predicted octanol–water partition coefficient (Wildman–Crippen LogP) is 3.98. The molecule has 2 aromatic rings. The van der Waals surface area contributed by atoms with Gasteiger partial charge in [0.25, 0.3) is 0 Å². The second-order valence-electron chi connectivity index (χ2n) is 6.49. The number of hydrogen-bond donors (Lipinski definition) is 1. The van der Waals surface area contributed by atoms with Crippen molar-refractivity contribution in [3.63, 3.8) is 0 Å². The smallest absolute Gasteiger partial charge is 0.342 e. The summed E-state index contributed by atoms with van der Waals surface area (Å²) < 4.78 is 11.2. The third-order valence-electron chi connectivity index (χ3n) is 4.17. The Labute approximate surface area is 148 Å². The Morgan fingerprint density at radius 3 is 2.80 bits per heavy atom. The van der Waals surface area contributed by atoms with Gasteiger partial charge in [-0.25, -0.2) is 9.78 Å². The molecule has 0 spiro atoms. The molecule has 25 heavy (non-hydrogen) atoms. The molecule has 1 aliphatic heterocycles. The van der Waals surface area contributed by atoms with E-state index >= 15 is 0 Å². The van der Waals surface area contributed by atoms with Gasteiger partial charge in [0.05, 0.1) is 12.2 Å². The second-order valence-corrected chi connectivity index (χ2v) is 6.49. The van der Waals surface area contributed by atoms with Crippen LogP contribution in [0.15, 0.2) is 48.7 Å². The highest BCUT2D eigenvalue weighted by molar-refractivity contribution is 5.94. The van der Waals surface area contributed by atoms with Gasteiger partial charge >= 0.3 is 5.97 Å². The van der Waals surface area contributed by atoms with Gasteiger partial charge in [-0.15, -0.1) is 0 Å². The van der Waals surface area contributed by atoms with Gasteiger partial charge in [0.15, 0.2) is 0 Å². The Morgan fingerprint density at radius 2 is 2.04 bits per heavy atom. The average Bonchev–Trinajstić information content (AvgIpc) is 2.62. The number of nitrogens with one attached hydrogen (secondary N) is 1. The van der Waals surface area contributed by atoms with Gasteiger partial charge in [0, 0.05) is 18.8 Å². The zero-order chi connectivity index (χ0) is 17.6. The number of rotatable bonds is 5. The van der Waals surface area contributed by atoms with E-state index < -0.39 is 0 Å². The number of carbonyl (C=O) groups excluding carboxylic acids is 1. The summed E-state index contributed by atoms with van der Waals surface area (Å²) >= 11 is 0. The summed E-state index contributed by atoms with van der Waals surface area (Å²) in [5, 5.41) is 3.41. The number of pyridine rings is 1. The Morgan fingerprint density at radius 1 is 1.24 bits per heavy atom. The number of ether oxygens (including phenoxy) is 2. The van der Waals surface area contributed by atoms with E-state index in [1.54, 1.807) is 18.3 Å². The molecule has 5 nitrogen and oxygen atoms in total. The molecule has 2 heterocycles. The van der Waals surface area contributed by atoms with Gasteiger partial charge in [0.2, 0.25) is 0 Å². The lowest BCUT2D eigenvalue weighted by Crippen LogP contribution is -2.31. The van der Waals surface area contributed by atoms with Gasteiger partial charge in [-0.3, -0.25) is 0 Å². The molecule has 1 fully saturated rings. The minimum atomic E-state index is -0.350. The largest absolute Gasteiger partial charge is 0.459 e. The van der Waals surface area contributed by atoms with E-state index in [1.165, 1.54) is 5.56 Å². The van der Waals surface area contributed by atoms with Crippen LogP contribution in [0.3, 0.4) is 0 Å². The van der Waals surface area contributed by atoms with E-state index in [9.17, 15) is 4.79 Å². The highest BCUT2D eigenvalue weighted by atomic mass is 16.5. The highest BCUT2D eigenvalue weighted by Crippen LogP contribution is 2.30. The Balaban J connectivity index is 1.71. The van der Waals surface area contributed by atoms with Gasteiger partial charge in [-0.05, 0) is 44.4 Å². The van der Waals surface area contributed by atoms with E-state index in [1.807, 2.05) is 32.0 Å². The molecule has 1 saturated heterocycles. The molecule has 1 aliphatic rings. The maximum absolute atomic E-state index is 12.3. The standard InChI is InChI=1S/C20H24N2O3/c1-14(2)25-20(23)17-9-6-11-21-19(17)22-16-10-12-24-18(13-16)15-7-4-3-5-8-15/h3-9,11,14,16,18H,10,12-13H2,1-2H3,(H,21,22). The first-order valence-electron chi connectivity index (χ1n) is 8.72. The zero-order valence-corrected chi connectivity index (χ0v) is 14.6. The topological polar surface area (TPSA) is 60.5 Å². The summed E-state index contributed by atoms with van der Waals surface area (Å²) in [6, 6.07) is 13.9. The lowest BCUT2D eigenvalue weighted by atomic mass is 9.97. The number of aromatic nitrogens is 1. The lowest BCUT2D eigenvalue weighted by Gasteiger charge is -2.31.